The molecular formula is C19H26N2O2S. The summed E-state index contributed by atoms with van der Waals surface area (Å²) in [5.74, 6) is 0.963. The topological polar surface area (TPSA) is 45.5 Å². The highest BCUT2D eigenvalue weighted by atomic mass is 32.1. The van der Waals surface area contributed by atoms with Gasteiger partial charge in [0.1, 0.15) is 5.76 Å². The summed E-state index contributed by atoms with van der Waals surface area (Å²) in [5.41, 5.74) is 1.27. The molecule has 4 nitrogen and oxygen atoms in total. The van der Waals surface area contributed by atoms with Gasteiger partial charge in [0.2, 0.25) is 0 Å². The first-order valence-electron chi connectivity index (χ1n) is 8.84. The van der Waals surface area contributed by atoms with Crippen LogP contribution in [0.15, 0.2) is 28.9 Å². The van der Waals surface area contributed by atoms with Crippen molar-refractivity contribution in [3.05, 3.63) is 45.5 Å². The lowest BCUT2D eigenvalue weighted by atomic mass is 10.1. The smallest absolute Gasteiger partial charge is 0.261 e. The second kappa shape index (κ2) is 7.99. The standard InChI is InChI=1S/C19H26N2O2S/c1-3-15-12-18(24-14(15)2)19(22)20-13-16(17-8-7-11-23-17)21-9-5-4-6-10-21/h7-8,11-12,16H,3-6,9-10,13H2,1-2H3,(H,20,22)/t16-/m1/s1. The maximum Gasteiger partial charge on any atom is 0.261 e. The van der Waals surface area contributed by atoms with Crippen LogP contribution in [0.3, 0.4) is 0 Å². The summed E-state index contributed by atoms with van der Waals surface area (Å²) in [6.45, 7) is 6.93. The summed E-state index contributed by atoms with van der Waals surface area (Å²) in [6, 6.07) is 6.08. The van der Waals surface area contributed by atoms with Crippen molar-refractivity contribution in [2.75, 3.05) is 19.6 Å². The van der Waals surface area contributed by atoms with E-state index in [9.17, 15) is 4.79 Å². The first-order valence-corrected chi connectivity index (χ1v) is 9.65. The van der Waals surface area contributed by atoms with E-state index in [2.05, 4.69) is 24.1 Å². The Kier molecular flexibility index (Phi) is 5.74. The van der Waals surface area contributed by atoms with Crippen molar-refractivity contribution in [3.63, 3.8) is 0 Å². The molecule has 0 saturated carbocycles. The van der Waals surface area contributed by atoms with Crippen LogP contribution in [0.1, 0.15) is 58.1 Å². The summed E-state index contributed by atoms with van der Waals surface area (Å²) in [5, 5.41) is 3.12. The predicted molar refractivity (Wildman–Crippen MR) is 97.6 cm³/mol. The van der Waals surface area contributed by atoms with Crippen LogP contribution in [0.4, 0.5) is 0 Å². The van der Waals surface area contributed by atoms with E-state index in [1.54, 1.807) is 17.6 Å². The van der Waals surface area contributed by atoms with Crippen LogP contribution in [0.5, 0.6) is 0 Å². The molecule has 2 aromatic rings. The maximum atomic E-state index is 12.5. The highest BCUT2D eigenvalue weighted by Crippen LogP contribution is 2.25. The molecule has 3 heterocycles. The van der Waals surface area contributed by atoms with Crippen LogP contribution in [-0.4, -0.2) is 30.4 Å². The molecule has 0 aromatic carbocycles. The Labute approximate surface area is 147 Å². The molecule has 1 saturated heterocycles. The zero-order valence-electron chi connectivity index (χ0n) is 14.5. The molecule has 1 aliphatic heterocycles. The Morgan fingerprint density at radius 2 is 2.17 bits per heavy atom. The summed E-state index contributed by atoms with van der Waals surface area (Å²) >= 11 is 1.58. The summed E-state index contributed by atoms with van der Waals surface area (Å²) < 4.78 is 5.64. The van der Waals surface area contributed by atoms with Gasteiger partial charge in [0.15, 0.2) is 0 Å². The fourth-order valence-electron chi connectivity index (χ4n) is 3.38. The number of furan rings is 1. The number of carbonyl (C=O) groups excluding carboxylic acids is 1. The average Bonchev–Trinajstić information content (AvgIpc) is 3.25. The van der Waals surface area contributed by atoms with Gasteiger partial charge in [-0.2, -0.15) is 0 Å². The van der Waals surface area contributed by atoms with E-state index >= 15 is 0 Å². The van der Waals surface area contributed by atoms with Gasteiger partial charge in [0.25, 0.3) is 5.91 Å². The van der Waals surface area contributed by atoms with E-state index < -0.39 is 0 Å². The second-order valence-corrected chi connectivity index (χ2v) is 7.64. The van der Waals surface area contributed by atoms with E-state index in [1.807, 2.05) is 18.2 Å². The molecule has 3 rings (SSSR count). The number of thiophene rings is 1. The van der Waals surface area contributed by atoms with Gasteiger partial charge in [-0.25, -0.2) is 0 Å². The van der Waals surface area contributed by atoms with E-state index in [1.165, 1.54) is 29.7 Å². The Morgan fingerprint density at radius 3 is 2.79 bits per heavy atom. The normalized spacial score (nSPS) is 16.9. The van der Waals surface area contributed by atoms with Crippen LogP contribution < -0.4 is 5.32 Å². The Hall–Kier alpha value is -1.59. The molecule has 24 heavy (non-hydrogen) atoms. The fraction of sp³-hybridized carbons (Fsp3) is 0.526. The molecule has 0 bridgehead atoms. The van der Waals surface area contributed by atoms with Gasteiger partial charge in [0, 0.05) is 11.4 Å². The summed E-state index contributed by atoms with van der Waals surface area (Å²) in [6.07, 6.45) is 6.41. The van der Waals surface area contributed by atoms with Crippen molar-refractivity contribution in [2.24, 2.45) is 0 Å². The van der Waals surface area contributed by atoms with E-state index in [-0.39, 0.29) is 11.9 Å². The number of carbonyl (C=O) groups is 1. The lowest BCUT2D eigenvalue weighted by Gasteiger charge is -2.33. The van der Waals surface area contributed by atoms with Crippen molar-refractivity contribution in [2.45, 2.75) is 45.6 Å². The molecule has 0 unspecified atom stereocenters. The number of nitrogens with one attached hydrogen (secondary N) is 1. The molecule has 0 spiro atoms. The minimum Gasteiger partial charge on any atom is -0.468 e. The summed E-state index contributed by atoms with van der Waals surface area (Å²) in [4.78, 5) is 17.0. The van der Waals surface area contributed by atoms with Crippen molar-refractivity contribution < 1.29 is 9.21 Å². The fourth-order valence-corrected chi connectivity index (χ4v) is 4.41. The van der Waals surface area contributed by atoms with Crippen molar-refractivity contribution >= 4 is 17.2 Å². The third-order valence-electron chi connectivity index (χ3n) is 4.78. The van der Waals surface area contributed by atoms with Gasteiger partial charge in [-0.15, -0.1) is 11.3 Å². The molecule has 1 N–H and O–H groups in total. The number of rotatable bonds is 6. The number of likely N-dealkylation sites (tertiary alicyclic amines) is 1. The number of nitrogens with zero attached hydrogens (tertiary/aromatic N) is 1. The lowest BCUT2D eigenvalue weighted by Crippen LogP contribution is -2.40. The molecule has 2 aromatic heterocycles. The van der Waals surface area contributed by atoms with Crippen LogP contribution in [0.25, 0.3) is 0 Å². The first kappa shape index (κ1) is 17.2. The molecular weight excluding hydrogens is 320 g/mol. The number of aryl methyl sites for hydroxylation is 2. The molecule has 0 aliphatic carbocycles. The minimum absolute atomic E-state index is 0.0244. The Morgan fingerprint density at radius 1 is 1.38 bits per heavy atom. The number of piperidine rings is 1. The highest BCUT2D eigenvalue weighted by molar-refractivity contribution is 7.14. The van der Waals surface area contributed by atoms with Gasteiger partial charge in [-0.3, -0.25) is 9.69 Å². The van der Waals surface area contributed by atoms with Crippen molar-refractivity contribution in [3.8, 4) is 0 Å². The van der Waals surface area contributed by atoms with Gasteiger partial charge < -0.3 is 9.73 Å². The maximum absolute atomic E-state index is 12.5. The molecule has 1 atom stereocenters. The Balaban J connectivity index is 1.67. The van der Waals surface area contributed by atoms with Gasteiger partial charge in [0.05, 0.1) is 17.2 Å². The van der Waals surface area contributed by atoms with Crippen molar-refractivity contribution in [1.29, 1.82) is 0 Å². The number of amides is 1. The van der Waals surface area contributed by atoms with Gasteiger partial charge >= 0.3 is 0 Å². The molecule has 1 aliphatic rings. The van der Waals surface area contributed by atoms with E-state index in [4.69, 9.17) is 4.42 Å². The van der Waals surface area contributed by atoms with Crippen LogP contribution in [-0.2, 0) is 6.42 Å². The van der Waals surface area contributed by atoms with Crippen LogP contribution in [0, 0.1) is 6.92 Å². The summed E-state index contributed by atoms with van der Waals surface area (Å²) in [7, 11) is 0. The third-order valence-corrected chi connectivity index (χ3v) is 5.88. The zero-order valence-corrected chi connectivity index (χ0v) is 15.3. The average molecular weight is 346 g/mol. The first-order chi connectivity index (χ1) is 11.7. The second-order valence-electron chi connectivity index (χ2n) is 6.38. The highest BCUT2D eigenvalue weighted by Gasteiger charge is 2.25. The third kappa shape index (κ3) is 3.90. The molecule has 0 radical (unpaired) electrons. The zero-order chi connectivity index (χ0) is 16.9. The number of hydrogen-bond donors (Lipinski definition) is 1. The number of hydrogen-bond acceptors (Lipinski definition) is 4. The van der Waals surface area contributed by atoms with E-state index in [0.717, 1.165) is 30.1 Å². The largest absolute Gasteiger partial charge is 0.468 e. The molecule has 1 amide bonds. The predicted octanol–water partition coefficient (Wildman–Crippen LogP) is 4.17. The monoisotopic (exact) mass is 346 g/mol. The van der Waals surface area contributed by atoms with E-state index in [0.29, 0.717) is 6.54 Å². The molecule has 130 valence electrons. The van der Waals surface area contributed by atoms with Crippen LogP contribution >= 0.6 is 11.3 Å². The van der Waals surface area contributed by atoms with Crippen molar-refractivity contribution in [1.82, 2.24) is 10.2 Å². The SMILES string of the molecule is CCc1cc(C(=O)NC[C@H](c2ccco2)N2CCCCC2)sc1C. The Bertz CT molecular complexity index is 657. The van der Waals surface area contributed by atoms with Gasteiger partial charge in [-0.1, -0.05) is 13.3 Å². The molecule has 1 fully saturated rings. The minimum atomic E-state index is 0.0244. The van der Waals surface area contributed by atoms with Crippen LogP contribution in [0.2, 0.25) is 0 Å². The van der Waals surface area contributed by atoms with Gasteiger partial charge in [-0.05, 0) is 63.0 Å². The molecule has 5 heteroatoms. The lowest BCUT2D eigenvalue weighted by molar-refractivity contribution is 0.0918. The quantitative estimate of drug-likeness (QED) is 0.854.